The molecule has 2 heterocycles. The summed E-state index contributed by atoms with van der Waals surface area (Å²) in [6, 6.07) is 10.3. The van der Waals surface area contributed by atoms with Crippen molar-refractivity contribution in [1.29, 1.82) is 0 Å². The first-order valence-corrected chi connectivity index (χ1v) is 16.4. The number of aromatic nitrogens is 2. The van der Waals surface area contributed by atoms with Crippen LogP contribution in [0, 0.1) is 17.0 Å². The zero-order chi connectivity index (χ0) is 37.5. The predicted molar refractivity (Wildman–Crippen MR) is 183 cm³/mol. The standard InChI is InChI=1S/C36H43F2N7O6/c1-36(2,3)33(34-41-29(26-18-24(37)11-12-27(26)38)21-42(34)19-23-8-5-4-6-9-23)44(32(50)22-46)17-15-28(39)35(51)45(40)20-25(47)10-7-16-43-30(48)13-14-31(43)49/h4-6,8-9,11-14,18,21,28,33,46H,7,10,15-17,19-20,22,39-40H2,1-3H3/t28-,33-/m0/s1. The lowest BCUT2D eigenvalue weighted by Crippen LogP contribution is -2.51. The van der Waals surface area contributed by atoms with Gasteiger partial charge < -0.3 is 20.3 Å². The number of nitrogens with two attached hydrogens (primary N) is 2. The van der Waals surface area contributed by atoms with Gasteiger partial charge in [0.15, 0.2) is 5.78 Å². The van der Waals surface area contributed by atoms with Crippen LogP contribution in [0.15, 0.2) is 66.9 Å². The summed E-state index contributed by atoms with van der Waals surface area (Å²) in [6.45, 7) is 4.39. The highest BCUT2D eigenvalue weighted by Gasteiger charge is 2.39. The molecule has 4 rings (SSSR count). The topological polar surface area (TPSA) is 185 Å². The number of aliphatic hydroxyl groups excluding tert-OH is 1. The maximum absolute atomic E-state index is 15.0. The summed E-state index contributed by atoms with van der Waals surface area (Å²) in [6.07, 6.45) is 3.90. The van der Waals surface area contributed by atoms with Gasteiger partial charge in [0.25, 0.3) is 17.7 Å². The molecule has 2 atom stereocenters. The summed E-state index contributed by atoms with van der Waals surface area (Å²) in [5, 5.41) is 10.7. The fourth-order valence-electron chi connectivity index (χ4n) is 5.91. The van der Waals surface area contributed by atoms with Crippen molar-refractivity contribution >= 4 is 29.4 Å². The summed E-state index contributed by atoms with van der Waals surface area (Å²) in [4.78, 5) is 69.5. The number of carbonyl (C=O) groups excluding carboxylic acids is 5. The molecule has 0 fully saturated rings. The van der Waals surface area contributed by atoms with Crippen molar-refractivity contribution in [2.45, 2.75) is 58.7 Å². The van der Waals surface area contributed by atoms with Crippen LogP contribution < -0.4 is 11.6 Å². The van der Waals surface area contributed by atoms with Gasteiger partial charge in [0.05, 0.1) is 24.3 Å². The number of benzene rings is 2. The first kappa shape index (κ1) is 38.7. The molecule has 15 heteroatoms. The Hall–Kier alpha value is -5.12. The number of imide groups is 1. The van der Waals surface area contributed by atoms with Crippen molar-refractivity contribution in [3.8, 4) is 11.3 Å². The van der Waals surface area contributed by atoms with E-state index in [9.17, 15) is 37.9 Å². The van der Waals surface area contributed by atoms with Gasteiger partial charge in [-0.25, -0.2) is 19.6 Å². The van der Waals surface area contributed by atoms with E-state index in [1.54, 1.807) is 10.8 Å². The van der Waals surface area contributed by atoms with Crippen molar-refractivity contribution in [2.75, 3.05) is 26.2 Å². The van der Waals surface area contributed by atoms with Crippen molar-refractivity contribution in [3.05, 3.63) is 89.9 Å². The molecule has 0 bridgehead atoms. The molecule has 51 heavy (non-hydrogen) atoms. The number of hydrazine groups is 1. The molecule has 0 unspecified atom stereocenters. The molecule has 0 spiro atoms. The summed E-state index contributed by atoms with van der Waals surface area (Å²) >= 11 is 0. The van der Waals surface area contributed by atoms with Crippen LogP contribution in [-0.4, -0.2) is 91.2 Å². The van der Waals surface area contributed by atoms with E-state index in [0.717, 1.165) is 40.8 Å². The number of rotatable bonds is 16. The van der Waals surface area contributed by atoms with E-state index in [0.29, 0.717) is 10.8 Å². The molecule has 0 radical (unpaired) electrons. The molecule has 1 aromatic heterocycles. The minimum absolute atomic E-state index is 0.0420. The zero-order valence-electron chi connectivity index (χ0n) is 28.8. The van der Waals surface area contributed by atoms with Gasteiger partial charge in [-0.05, 0) is 42.0 Å². The molecule has 5 N–H and O–H groups in total. The zero-order valence-corrected chi connectivity index (χ0v) is 28.8. The summed E-state index contributed by atoms with van der Waals surface area (Å²) in [5.74, 6) is 2.10. The number of hydrogen-bond donors (Lipinski definition) is 3. The number of hydrogen-bond acceptors (Lipinski definition) is 9. The number of ketones is 1. The SMILES string of the molecule is CC(C)(C)[C@H](c1nc(-c2cc(F)ccc2F)cn1Cc1ccccc1)N(CC[C@H](N)C(=O)N(N)CC(=O)CCCN1C(=O)C=CC1=O)C(=O)CO. The van der Waals surface area contributed by atoms with Crippen molar-refractivity contribution < 1.29 is 37.9 Å². The number of nitrogens with zero attached hydrogens (tertiary/aromatic N) is 5. The van der Waals surface area contributed by atoms with Gasteiger partial charge in [-0.3, -0.25) is 33.9 Å². The number of imidazole rings is 1. The van der Waals surface area contributed by atoms with E-state index in [2.05, 4.69) is 0 Å². The smallest absolute Gasteiger partial charge is 0.253 e. The van der Waals surface area contributed by atoms with Gasteiger partial charge in [-0.15, -0.1) is 0 Å². The van der Waals surface area contributed by atoms with E-state index < -0.39 is 71.7 Å². The molecule has 0 aliphatic carbocycles. The van der Waals surface area contributed by atoms with E-state index in [4.69, 9.17) is 16.6 Å². The first-order valence-electron chi connectivity index (χ1n) is 16.4. The average Bonchev–Trinajstić information content (AvgIpc) is 3.64. The normalized spacial score (nSPS) is 14.2. The van der Waals surface area contributed by atoms with Crippen LogP contribution in [0.2, 0.25) is 0 Å². The van der Waals surface area contributed by atoms with Crippen molar-refractivity contribution in [1.82, 2.24) is 24.4 Å². The van der Waals surface area contributed by atoms with Gasteiger partial charge in [-0.2, -0.15) is 0 Å². The fraction of sp³-hybridized carbons (Fsp3) is 0.389. The molecule has 13 nitrogen and oxygen atoms in total. The van der Waals surface area contributed by atoms with E-state index >= 15 is 0 Å². The lowest BCUT2D eigenvalue weighted by molar-refractivity contribution is -0.141. The molecule has 0 saturated carbocycles. The number of aliphatic hydroxyl groups is 1. The predicted octanol–water partition coefficient (Wildman–Crippen LogP) is 2.48. The summed E-state index contributed by atoms with van der Waals surface area (Å²) < 4.78 is 30.9. The molecule has 2 aromatic carbocycles. The van der Waals surface area contributed by atoms with Crippen LogP contribution in [0.4, 0.5) is 8.78 Å². The Kier molecular flexibility index (Phi) is 12.7. The van der Waals surface area contributed by atoms with E-state index in [1.807, 2.05) is 51.1 Å². The summed E-state index contributed by atoms with van der Waals surface area (Å²) in [7, 11) is 0. The molecule has 3 aromatic rings. The molecular weight excluding hydrogens is 664 g/mol. The Balaban J connectivity index is 1.54. The quantitative estimate of drug-likeness (QED) is 0.0871. The first-order chi connectivity index (χ1) is 24.1. The van der Waals surface area contributed by atoms with Crippen LogP contribution in [0.5, 0.6) is 0 Å². The second kappa shape index (κ2) is 16.7. The number of amides is 4. The third-order valence-corrected chi connectivity index (χ3v) is 8.41. The molecule has 1 aliphatic heterocycles. The lowest BCUT2D eigenvalue weighted by Gasteiger charge is -2.40. The fourth-order valence-corrected chi connectivity index (χ4v) is 5.91. The Morgan fingerprint density at radius 1 is 1.02 bits per heavy atom. The average molecular weight is 708 g/mol. The highest BCUT2D eigenvalue weighted by molar-refractivity contribution is 6.12. The maximum atomic E-state index is 15.0. The van der Waals surface area contributed by atoms with Crippen LogP contribution >= 0.6 is 0 Å². The van der Waals surface area contributed by atoms with E-state index in [-0.39, 0.29) is 50.2 Å². The molecule has 1 aliphatic rings. The van der Waals surface area contributed by atoms with Gasteiger partial charge in [0.1, 0.15) is 24.1 Å². The third-order valence-electron chi connectivity index (χ3n) is 8.41. The number of Topliss-reactive ketones (excluding diaryl/α,β-unsaturated/α-hetero) is 1. The van der Waals surface area contributed by atoms with Crippen molar-refractivity contribution in [2.24, 2.45) is 17.0 Å². The Bertz CT molecular complexity index is 1770. The third kappa shape index (κ3) is 9.78. The second-order valence-electron chi connectivity index (χ2n) is 13.4. The van der Waals surface area contributed by atoms with Crippen LogP contribution in [0.25, 0.3) is 11.3 Å². The lowest BCUT2D eigenvalue weighted by atomic mass is 9.84. The van der Waals surface area contributed by atoms with E-state index in [1.165, 1.54) is 4.90 Å². The Morgan fingerprint density at radius 3 is 2.31 bits per heavy atom. The molecule has 272 valence electrons. The Morgan fingerprint density at radius 2 is 1.69 bits per heavy atom. The molecule has 4 amide bonds. The second-order valence-corrected chi connectivity index (χ2v) is 13.4. The highest BCUT2D eigenvalue weighted by Crippen LogP contribution is 2.39. The van der Waals surface area contributed by atoms with Gasteiger partial charge in [-0.1, -0.05) is 51.1 Å². The van der Waals surface area contributed by atoms with Crippen LogP contribution in [0.3, 0.4) is 0 Å². The Labute approximate surface area is 294 Å². The van der Waals surface area contributed by atoms with Gasteiger partial charge in [0, 0.05) is 50.0 Å². The maximum Gasteiger partial charge on any atom is 0.253 e. The van der Waals surface area contributed by atoms with Crippen LogP contribution in [-0.2, 0) is 30.5 Å². The monoisotopic (exact) mass is 707 g/mol. The van der Waals surface area contributed by atoms with Gasteiger partial charge in [0.2, 0.25) is 5.91 Å². The highest BCUT2D eigenvalue weighted by atomic mass is 19.1. The largest absolute Gasteiger partial charge is 0.387 e. The molecular formula is C36H43F2N7O6. The minimum atomic E-state index is -1.25. The number of carbonyl (C=O) groups is 5. The van der Waals surface area contributed by atoms with Crippen LogP contribution in [0.1, 0.15) is 57.5 Å². The number of halogens is 2. The minimum Gasteiger partial charge on any atom is -0.387 e. The molecule has 0 saturated heterocycles. The van der Waals surface area contributed by atoms with Crippen molar-refractivity contribution in [3.63, 3.8) is 0 Å². The summed E-state index contributed by atoms with van der Waals surface area (Å²) in [5.41, 5.74) is 6.40. The van der Waals surface area contributed by atoms with Gasteiger partial charge >= 0.3 is 0 Å².